The maximum absolute atomic E-state index is 9.37. The number of nitrogens with zero attached hydrogens (tertiary/aromatic N) is 3. The van der Waals surface area contributed by atoms with Crippen molar-refractivity contribution in [2.24, 2.45) is 0 Å². The van der Waals surface area contributed by atoms with Gasteiger partial charge in [0, 0.05) is 17.8 Å². The highest BCUT2D eigenvalue weighted by molar-refractivity contribution is 6.29. The van der Waals surface area contributed by atoms with E-state index in [2.05, 4.69) is 10.1 Å². The zero-order valence-corrected chi connectivity index (χ0v) is 7.08. The Hall–Kier alpha value is -1.29. The number of aromatic hydroxyl groups is 1. The van der Waals surface area contributed by atoms with Crippen LogP contribution in [0.25, 0.3) is 5.65 Å². The standard InChI is InChI=1S/C7H6ClN3O/c1-4-2-7(12)11-6(9-4)3-5(8)10-11/h2-3,12H,1H3. The molecule has 2 aromatic heterocycles. The SMILES string of the molecule is Cc1cc(O)n2nc(Cl)cc2n1. The van der Waals surface area contributed by atoms with Crippen LogP contribution in [0.1, 0.15) is 5.69 Å². The Kier molecular flexibility index (Phi) is 1.44. The van der Waals surface area contributed by atoms with Gasteiger partial charge in [-0.1, -0.05) is 11.6 Å². The lowest BCUT2D eigenvalue weighted by molar-refractivity contribution is 0.434. The third-order valence-corrected chi connectivity index (χ3v) is 1.69. The van der Waals surface area contributed by atoms with Crippen molar-refractivity contribution >= 4 is 17.2 Å². The van der Waals surface area contributed by atoms with E-state index < -0.39 is 0 Å². The van der Waals surface area contributed by atoms with Crippen molar-refractivity contribution in [3.8, 4) is 5.88 Å². The summed E-state index contributed by atoms with van der Waals surface area (Å²) < 4.78 is 1.29. The van der Waals surface area contributed by atoms with E-state index in [1.807, 2.05) is 0 Å². The van der Waals surface area contributed by atoms with E-state index in [0.29, 0.717) is 10.8 Å². The summed E-state index contributed by atoms with van der Waals surface area (Å²) in [6.07, 6.45) is 0. The summed E-state index contributed by atoms with van der Waals surface area (Å²) in [5.74, 6) is 0.0457. The highest BCUT2D eigenvalue weighted by Gasteiger charge is 2.04. The highest BCUT2D eigenvalue weighted by atomic mass is 35.5. The molecule has 0 spiro atoms. The molecule has 2 rings (SSSR count). The minimum Gasteiger partial charge on any atom is -0.493 e. The van der Waals surface area contributed by atoms with Crippen LogP contribution >= 0.6 is 11.6 Å². The van der Waals surface area contributed by atoms with Crippen molar-refractivity contribution < 1.29 is 5.11 Å². The summed E-state index contributed by atoms with van der Waals surface area (Å²) in [4.78, 5) is 4.11. The minimum atomic E-state index is 0.0457. The molecule has 0 amide bonds. The molecule has 0 bridgehead atoms. The molecule has 0 fully saturated rings. The number of hydrogen-bond acceptors (Lipinski definition) is 3. The van der Waals surface area contributed by atoms with Gasteiger partial charge in [-0.25, -0.2) is 4.98 Å². The fraction of sp³-hybridized carbons (Fsp3) is 0.143. The van der Waals surface area contributed by atoms with Crippen LogP contribution < -0.4 is 0 Å². The van der Waals surface area contributed by atoms with Gasteiger partial charge in [0.25, 0.3) is 0 Å². The molecule has 0 saturated carbocycles. The summed E-state index contributed by atoms with van der Waals surface area (Å²) in [6, 6.07) is 3.12. The normalized spacial score (nSPS) is 10.8. The fourth-order valence-electron chi connectivity index (χ4n) is 1.05. The lowest BCUT2D eigenvalue weighted by Crippen LogP contribution is -1.92. The molecule has 0 aromatic carbocycles. The average molecular weight is 184 g/mol. The van der Waals surface area contributed by atoms with Crippen molar-refractivity contribution in [2.75, 3.05) is 0 Å². The predicted molar refractivity (Wildman–Crippen MR) is 44.4 cm³/mol. The van der Waals surface area contributed by atoms with Crippen LogP contribution in [0.4, 0.5) is 0 Å². The maximum atomic E-state index is 9.37. The highest BCUT2D eigenvalue weighted by Crippen LogP contribution is 2.16. The Morgan fingerprint density at radius 1 is 1.50 bits per heavy atom. The summed E-state index contributed by atoms with van der Waals surface area (Å²) in [5.41, 5.74) is 1.29. The first-order valence-electron chi connectivity index (χ1n) is 3.39. The third-order valence-electron chi connectivity index (χ3n) is 1.51. The maximum Gasteiger partial charge on any atom is 0.215 e. The van der Waals surface area contributed by atoms with E-state index >= 15 is 0 Å². The summed E-state index contributed by atoms with van der Waals surface area (Å²) >= 11 is 5.62. The second-order valence-corrected chi connectivity index (χ2v) is 2.88. The van der Waals surface area contributed by atoms with Gasteiger partial charge in [0.15, 0.2) is 10.8 Å². The van der Waals surface area contributed by atoms with Gasteiger partial charge in [0.1, 0.15) is 0 Å². The summed E-state index contributed by atoms with van der Waals surface area (Å²) in [7, 11) is 0. The zero-order valence-electron chi connectivity index (χ0n) is 6.32. The predicted octanol–water partition coefficient (Wildman–Crippen LogP) is 1.40. The van der Waals surface area contributed by atoms with E-state index in [1.54, 1.807) is 13.0 Å². The van der Waals surface area contributed by atoms with Crippen molar-refractivity contribution in [1.82, 2.24) is 14.6 Å². The molecule has 5 heteroatoms. The van der Waals surface area contributed by atoms with E-state index in [1.165, 1.54) is 10.6 Å². The van der Waals surface area contributed by atoms with E-state index in [-0.39, 0.29) is 5.88 Å². The quantitative estimate of drug-likeness (QED) is 0.672. The average Bonchev–Trinajstić information content (AvgIpc) is 2.29. The third kappa shape index (κ3) is 1.00. The van der Waals surface area contributed by atoms with Crippen molar-refractivity contribution in [2.45, 2.75) is 6.92 Å². The molecule has 0 radical (unpaired) electrons. The second-order valence-electron chi connectivity index (χ2n) is 2.49. The van der Waals surface area contributed by atoms with Crippen LogP contribution in [0.15, 0.2) is 12.1 Å². The van der Waals surface area contributed by atoms with E-state index in [9.17, 15) is 5.11 Å². The molecule has 1 N–H and O–H groups in total. The molecule has 0 aliphatic carbocycles. The van der Waals surface area contributed by atoms with Gasteiger partial charge in [0.05, 0.1) is 0 Å². The van der Waals surface area contributed by atoms with Crippen LogP contribution in [-0.4, -0.2) is 19.7 Å². The number of hydrogen-bond donors (Lipinski definition) is 1. The van der Waals surface area contributed by atoms with Crippen molar-refractivity contribution in [3.05, 3.63) is 23.0 Å². The molecule has 12 heavy (non-hydrogen) atoms. The molecular weight excluding hydrogens is 178 g/mol. The molecule has 0 atom stereocenters. The number of aryl methyl sites for hydroxylation is 1. The minimum absolute atomic E-state index is 0.0457. The van der Waals surface area contributed by atoms with Crippen molar-refractivity contribution in [1.29, 1.82) is 0 Å². The molecule has 2 aromatic rings. The van der Waals surface area contributed by atoms with Gasteiger partial charge in [-0.05, 0) is 6.92 Å². The first kappa shape index (κ1) is 7.36. The van der Waals surface area contributed by atoms with Gasteiger partial charge < -0.3 is 5.11 Å². The molecule has 4 nitrogen and oxygen atoms in total. The molecule has 0 aliphatic rings. The zero-order chi connectivity index (χ0) is 8.72. The number of aromatic nitrogens is 3. The smallest absolute Gasteiger partial charge is 0.215 e. The van der Waals surface area contributed by atoms with Crippen molar-refractivity contribution in [3.63, 3.8) is 0 Å². The van der Waals surface area contributed by atoms with Crippen LogP contribution in [0.2, 0.25) is 5.15 Å². The Morgan fingerprint density at radius 2 is 2.25 bits per heavy atom. The summed E-state index contributed by atoms with van der Waals surface area (Å²) in [6.45, 7) is 1.79. The Balaban J connectivity index is 2.88. The topological polar surface area (TPSA) is 50.4 Å². The lowest BCUT2D eigenvalue weighted by atomic mass is 10.4. The Morgan fingerprint density at radius 3 is 3.00 bits per heavy atom. The number of fused-ring (bicyclic) bond motifs is 1. The first-order valence-corrected chi connectivity index (χ1v) is 3.76. The molecule has 0 saturated heterocycles. The largest absolute Gasteiger partial charge is 0.493 e. The first-order chi connectivity index (χ1) is 5.66. The second kappa shape index (κ2) is 2.35. The Bertz CT molecular complexity index is 437. The fourth-order valence-corrected chi connectivity index (χ4v) is 1.23. The van der Waals surface area contributed by atoms with Crippen LogP contribution in [0.5, 0.6) is 5.88 Å². The van der Waals surface area contributed by atoms with Gasteiger partial charge in [-0.2, -0.15) is 9.61 Å². The van der Waals surface area contributed by atoms with Crippen LogP contribution in [0.3, 0.4) is 0 Å². The van der Waals surface area contributed by atoms with E-state index in [4.69, 9.17) is 11.6 Å². The molecular formula is C7H6ClN3O. The summed E-state index contributed by atoms with van der Waals surface area (Å²) in [5, 5.41) is 13.5. The van der Waals surface area contributed by atoms with Crippen LogP contribution in [0, 0.1) is 6.92 Å². The molecule has 0 unspecified atom stereocenters. The molecule has 0 aliphatic heterocycles. The van der Waals surface area contributed by atoms with Gasteiger partial charge >= 0.3 is 0 Å². The monoisotopic (exact) mass is 183 g/mol. The number of halogens is 1. The van der Waals surface area contributed by atoms with Crippen LogP contribution in [-0.2, 0) is 0 Å². The van der Waals surface area contributed by atoms with Gasteiger partial charge in [-0.15, -0.1) is 0 Å². The van der Waals surface area contributed by atoms with E-state index in [0.717, 1.165) is 5.69 Å². The van der Waals surface area contributed by atoms with Gasteiger partial charge in [-0.3, -0.25) is 0 Å². The Labute approximate surface area is 73.4 Å². The molecule has 62 valence electrons. The number of rotatable bonds is 0. The molecule has 2 heterocycles. The lowest BCUT2D eigenvalue weighted by Gasteiger charge is -1.97. The van der Waals surface area contributed by atoms with Gasteiger partial charge in [0.2, 0.25) is 5.88 Å².